The number of ether oxygens (including phenoxy) is 1. The van der Waals surface area contributed by atoms with E-state index in [1.54, 1.807) is 6.07 Å². The van der Waals surface area contributed by atoms with Gasteiger partial charge >= 0.3 is 0 Å². The lowest BCUT2D eigenvalue weighted by molar-refractivity contribution is -0.117. The van der Waals surface area contributed by atoms with E-state index in [-0.39, 0.29) is 22.8 Å². The number of benzene rings is 2. The molecule has 36 heavy (non-hydrogen) atoms. The number of hydrogen-bond acceptors (Lipinski definition) is 5. The molecular weight excluding hydrogens is 472 g/mol. The Morgan fingerprint density at radius 3 is 2.39 bits per heavy atom. The summed E-state index contributed by atoms with van der Waals surface area (Å²) in [5.74, 6) is 0.717. The van der Waals surface area contributed by atoms with E-state index in [2.05, 4.69) is 23.1 Å². The van der Waals surface area contributed by atoms with Crippen molar-refractivity contribution in [3.63, 3.8) is 0 Å². The number of aromatic hydroxyl groups is 1. The number of nitrogens with zero attached hydrogens (tertiary/aromatic N) is 2. The normalized spacial score (nSPS) is 15.9. The van der Waals surface area contributed by atoms with Gasteiger partial charge in [0.05, 0.1) is 9.73 Å². The van der Waals surface area contributed by atoms with E-state index in [0.717, 1.165) is 37.1 Å². The summed E-state index contributed by atoms with van der Waals surface area (Å²) in [6.07, 6.45) is 2.81. The number of carbonyl (C=O) groups excluding carboxylic acids is 1. The van der Waals surface area contributed by atoms with E-state index in [0.29, 0.717) is 29.2 Å². The minimum Gasteiger partial charge on any atom is -0.504 e. The summed E-state index contributed by atoms with van der Waals surface area (Å²) in [5, 5.41) is 10.2. The van der Waals surface area contributed by atoms with Crippen molar-refractivity contribution in [3.05, 3.63) is 53.1 Å². The maximum absolute atomic E-state index is 13.5. The molecule has 0 aliphatic carbocycles. The summed E-state index contributed by atoms with van der Waals surface area (Å²) in [6.45, 7) is 15.8. The maximum atomic E-state index is 13.5. The molecule has 2 aromatic carbocycles. The van der Waals surface area contributed by atoms with Gasteiger partial charge in [0.15, 0.2) is 11.5 Å². The predicted molar refractivity (Wildman–Crippen MR) is 146 cm³/mol. The third kappa shape index (κ3) is 6.88. The van der Waals surface area contributed by atoms with Crippen LogP contribution in [0, 0.1) is 0 Å². The average molecular weight is 515 g/mol. The van der Waals surface area contributed by atoms with Crippen LogP contribution >= 0.6 is 0 Å². The standard InChI is InChI=1S/C29H42N2O4S/c1-8-10-27(33)30-36(34,9-2)24-13-12-22-19-31(20-23(22)18-24)29(6,7)16-15-21-11-14-25(32)26(17-21)35-28(3,4)5/h11-14,17-18,32H,8-10,15-16,19-20H2,1-7H3. The van der Waals surface area contributed by atoms with Crippen molar-refractivity contribution in [1.29, 1.82) is 0 Å². The Bertz CT molecular complexity index is 1220. The number of phenols is 1. The van der Waals surface area contributed by atoms with Gasteiger partial charge in [-0.15, -0.1) is 0 Å². The Hall–Kier alpha value is -2.38. The first-order valence-electron chi connectivity index (χ1n) is 12.9. The van der Waals surface area contributed by atoms with Gasteiger partial charge in [-0.25, -0.2) is 4.21 Å². The van der Waals surface area contributed by atoms with Gasteiger partial charge in [0.25, 0.3) is 5.91 Å². The van der Waals surface area contributed by atoms with Crippen molar-refractivity contribution in [2.75, 3.05) is 5.75 Å². The van der Waals surface area contributed by atoms with Crippen molar-refractivity contribution < 1.29 is 18.8 Å². The van der Waals surface area contributed by atoms with Gasteiger partial charge in [-0.1, -0.05) is 26.0 Å². The molecular formula is C29H42N2O4S. The van der Waals surface area contributed by atoms with E-state index in [9.17, 15) is 14.1 Å². The second-order valence-corrected chi connectivity index (χ2v) is 13.8. The molecule has 0 bridgehead atoms. The summed E-state index contributed by atoms with van der Waals surface area (Å²) < 4.78 is 23.5. The molecule has 1 unspecified atom stereocenters. The Balaban J connectivity index is 1.73. The molecule has 6 nitrogen and oxygen atoms in total. The SMILES string of the molecule is CCCC(=O)N=S(=O)(CC)c1ccc2c(c1)CN(C(C)(C)CCc1ccc(O)c(OC(C)(C)C)c1)C2. The smallest absolute Gasteiger partial charge is 0.254 e. The largest absolute Gasteiger partial charge is 0.504 e. The first-order chi connectivity index (χ1) is 16.8. The van der Waals surface area contributed by atoms with Crippen molar-refractivity contribution in [3.8, 4) is 11.5 Å². The predicted octanol–water partition coefficient (Wildman–Crippen LogP) is 6.47. The summed E-state index contributed by atoms with van der Waals surface area (Å²) in [5.41, 5.74) is 3.06. The summed E-state index contributed by atoms with van der Waals surface area (Å²) in [4.78, 5) is 15.2. The molecule has 0 saturated heterocycles. The fraction of sp³-hybridized carbons (Fsp3) is 0.552. The van der Waals surface area contributed by atoms with Gasteiger partial charge in [-0.05, 0) is 94.8 Å². The van der Waals surface area contributed by atoms with Crippen molar-refractivity contribution >= 4 is 15.6 Å². The number of rotatable bonds is 9. The van der Waals surface area contributed by atoms with E-state index in [1.165, 1.54) is 5.56 Å². The first kappa shape index (κ1) is 28.2. The van der Waals surface area contributed by atoms with E-state index >= 15 is 0 Å². The van der Waals surface area contributed by atoms with Gasteiger partial charge in [0.2, 0.25) is 0 Å². The number of aryl methyl sites for hydroxylation is 1. The molecule has 1 aliphatic rings. The Morgan fingerprint density at radius 2 is 1.75 bits per heavy atom. The number of fused-ring (bicyclic) bond motifs is 1. The van der Waals surface area contributed by atoms with Crippen LogP contribution in [0.5, 0.6) is 11.5 Å². The second-order valence-electron chi connectivity index (χ2n) is 11.3. The molecule has 3 rings (SSSR count). The Morgan fingerprint density at radius 1 is 1.06 bits per heavy atom. The molecule has 7 heteroatoms. The first-order valence-corrected chi connectivity index (χ1v) is 14.6. The molecule has 2 aromatic rings. The van der Waals surface area contributed by atoms with Crippen LogP contribution in [0.4, 0.5) is 0 Å². The molecule has 0 radical (unpaired) electrons. The summed E-state index contributed by atoms with van der Waals surface area (Å²) >= 11 is 0. The molecule has 1 heterocycles. The van der Waals surface area contributed by atoms with Gasteiger partial charge in [0, 0.05) is 35.7 Å². The molecule has 1 amide bonds. The number of hydrogen-bond donors (Lipinski definition) is 1. The zero-order valence-corrected chi connectivity index (χ0v) is 23.7. The molecule has 0 fully saturated rings. The quantitative estimate of drug-likeness (QED) is 0.415. The van der Waals surface area contributed by atoms with Crippen LogP contribution in [-0.2, 0) is 34.0 Å². The lowest BCUT2D eigenvalue weighted by Gasteiger charge is -2.35. The van der Waals surface area contributed by atoms with Crippen LogP contribution < -0.4 is 4.74 Å². The lowest BCUT2D eigenvalue weighted by Crippen LogP contribution is -2.40. The topological polar surface area (TPSA) is 79.2 Å². The number of carbonyl (C=O) groups is 1. The third-order valence-electron chi connectivity index (χ3n) is 6.69. The monoisotopic (exact) mass is 514 g/mol. The van der Waals surface area contributed by atoms with Crippen LogP contribution in [0.25, 0.3) is 0 Å². The number of amides is 1. The second kappa shape index (κ2) is 10.9. The number of phenolic OH excluding ortho intramolecular Hbond substituents is 1. The zero-order valence-electron chi connectivity index (χ0n) is 22.9. The molecule has 1 aliphatic heterocycles. The van der Waals surface area contributed by atoms with E-state index in [4.69, 9.17) is 4.74 Å². The third-order valence-corrected chi connectivity index (χ3v) is 8.97. The van der Waals surface area contributed by atoms with Gasteiger partial charge in [0.1, 0.15) is 5.60 Å². The fourth-order valence-corrected chi connectivity index (χ4v) is 6.03. The van der Waals surface area contributed by atoms with Crippen molar-refractivity contribution in [1.82, 2.24) is 4.90 Å². The minimum atomic E-state index is -2.74. The van der Waals surface area contributed by atoms with Gasteiger partial charge < -0.3 is 9.84 Å². The minimum absolute atomic E-state index is 0.0737. The molecule has 0 spiro atoms. The maximum Gasteiger partial charge on any atom is 0.254 e. The lowest BCUT2D eigenvalue weighted by atomic mass is 9.93. The molecule has 0 saturated carbocycles. The Labute approximate surface area is 217 Å². The van der Waals surface area contributed by atoms with Gasteiger partial charge in [-0.2, -0.15) is 4.36 Å². The van der Waals surface area contributed by atoms with Crippen LogP contribution in [0.2, 0.25) is 0 Å². The summed E-state index contributed by atoms with van der Waals surface area (Å²) in [7, 11) is -2.74. The molecule has 0 aromatic heterocycles. The van der Waals surface area contributed by atoms with Crippen LogP contribution in [0.3, 0.4) is 0 Å². The van der Waals surface area contributed by atoms with E-state index < -0.39 is 9.73 Å². The van der Waals surface area contributed by atoms with Crippen molar-refractivity contribution in [2.24, 2.45) is 4.36 Å². The fourth-order valence-electron chi connectivity index (χ4n) is 4.44. The highest BCUT2D eigenvalue weighted by atomic mass is 32.2. The highest BCUT2D eigenvalue weighted by Gasteiger charge is 2.32. The van der Waals surface area contributed by atoms with Crippen LogP contribution in [0.1, 0.15) is 84.4 Å². The summed E-state index contributed by atoms with van der Waals surface area (Å²) in [6, 6.07) is 11.5. The molecule has 1 N–H and O–H groups in total. The molecule has 198 valence electrons. The van der Waals surface area contributed by atoms with Crippen LogP contribution in [0.15, 0.2) is 45.7 Å². The Kier molecular flexibility index (Phi) is 8.56. The van der Waals surface area contributed by atoms with Crippen LogP contribution in [-0.4, -0.2) is 37.0 Å². The highest BCUT2D eigenvalue weighted by molar-refractivity contribution is 7.93. The highest BCUT2D eigenvalue weighted by Crippen LogP contribution is 2.35. The zero-order chi connectivity index (χ0) is 26.7. The van der Waals surface area contributed by atoms with E-state index in [1.807, 2.05) is 65.0 Å². The van der Waals surface area contributed by atoms with Crippen molar-refractivity contribution in [2.45, 2.75) is 103 Å². The molecule has 1 atom stereocenters. The van der Waals surface area contributed by atoms with Gasteiger partial charge in [-0.3, -0.25) is 9.69 Å². The average Bonchev–Trinajstić information content (AvgIpc) is 3.23.